The zero-order valence-electron chi connectivity index (χ0n) is 13.5. The molecule has 0 aromatic heterocycles. The molecule has 0 N–H and O–H groups in total. The van der Waals surface area contributed by atoms with E-state index in [2.05, 4.69) is 19.1 Å². The lowest BCUT2D eigenvalue weighted by Crippen LogP contribution is -2.27. The van der Waals surface area contributed by atoms with Crippen molar-refractivity contribution in [3.05, 3.63) is 35.7 Å². The van der Waals surface area contributed by atoms with Crippen LogP contribution in [-0.4, -0.2) is 12.7 Å². The lowest BCUT2D eigenvalue weighted by molar-refractivity contribution is 0.139. The molecule has 0 radical (unpaired) electrons. The summed E-state index contributed by atoms with van der Waals surface area (Å²) in [7, 11) is 0. The van der Waals surface area contributed by atoms with Gasteiger partial charge >= 0.3 is 0 Å². The van der Waals surface area contributed by atoms with Gasteiger partial charge in [0.15, 0.2) is 11.5 Å². The first-order valence-electron chi connectivity index (χ1n) is 8.53. The maximum Gasteiger partial charge on any atom is 0.207 e. The normalized spacial score (nSPS) is 26.6. The molecule has 1 aliphatic heterocycles. The predicted octanol–water partition coefficient (Wildman–Crippen LogP) is 5.23. The summed E-state index contributed by atoms with van der Waals surface area (Å²) in [6.45, 7) is 4.52. The summed E-state index contributed by atoms with van der Waals surface area (Å²) in [5, 5.41) is 0. The number of hydrogen-bond acceptors (Lipinski definition) is 2. The number of allylic oxidation sites excluding steroid dienone is 2. The zero-order valence-corrected chi connectivity index (χ0v) is 13.5. The predicted molar refractivity (Wildman–Crippen MR) is 86.1 cm³/mol. The zero-order chi connectivity index (χ0) is 15.5. The Morgan fingerprint density at radius 1 is 1.32 bits per heavy atom. The third-order valence-corrected chi connectivity index (χ3v) is 4.76. The molecule has 0 bridgehead atoms. The quantitative estimate of drug-likeness (QED) is 0.694. The molecule has 120 valence electrons. The minimum atomic E-state index is -0.327. The van der Waals surface area contributed by atoms with E-state index < -0.39 is 0 Å². The van der Waals surface area contributed by atoms with E-state index in [1.54, 1.807) is 6.07 Å². The number of unbranched alkanes of at least 4 members (excludes halogenated alkanes) is 1. The molecule has 0 amide bonds. The van der Waals surface area contributed by atoms with Crippen LogP contribution >= 0.6 is 0 Å². The summed E-state index contributed by atoms with van der Waals surface area (Å²) in [4.78, 5) is 0. The second-order valence-electron chi connectivity index (χ2n) is 6.28. The number of hydrogen-bond donors (Lipinski definition) is 0. The van der Waals surface area contributed by atoms with Crippen LogP contribution in [0, 0.1) is 11.7 Å². The molecule has 0 spiro atoms. The number of benzene rings is 1. The lowest BCUT2D eigenvalue weighted by atomic mass is 9.77. The fourth-order valence-corrected chi connectivity index (χ4v) is 3.66. The summed E-state index contributed by atoms with van der Waals surface area (Å²) >= 11 is 0. The van der Waals surface area contributed by atoms with E-state index in [0.29, 0.717) is 29.9 Å². The van der Waals surface area contributed by atoms with Gasteiger partial charge in [0, 0.05) is 11.5 Å². The van der Waals surface area contributed by atoms with Gasteiger partial charge in [0.25, 0.3) is 0 Å². The first kappa shape index (κ1) is 15.4. The minimum Gasteiger partial charge on any atom is -0.491 e. The number of fused-ring (bicyclic) bond motifs is 3. The van der Waals surface area contributed by atoms with Crippen LogP contribution in [-0.2, 0) is 0 Å². The van der Waals surface area contributed by atoms with Gasteiger partial charge in [-0.25, -0.2) is 0 Å². The summed E-state index contributed by atoms with van der Waals surface area (Å²) in [5.74, 6) is 1.32. The van der Waals surface area contributed by atoms with E-state index in [0.717, 1.165) is 24.8 Å². The van der Waals surface area contributed by atoms with Crippen LogP contribution in [0.2, 0.25) is 0 Å². The molecule has 2 nitrogen and oxygen atoms in total. The average Bonchev–Trinajstić information content (AvgIpc) is 2.89. The van der Waals surface area contributed by atoms with E-state index in [9.17, 15) is 4.39 Å². The third-order valence-electron chi connectivity index (χ3n) is 4.76. The van der Waals surface area contributed by atoms with Gasteiger partial charge in [0.2, 0.25) is 5.82 Å². The Morgan fingerprint density at radius 2 is 2.18 bits per heavy atom. The molecule has 0 saturated heterocycles. The van der Waals surface area contributed by atoms with Gasteiger partial charge in [-0.3, -0.25) is 0 Å². The van der Waals surface area contributed by atoms with Crippen molar-refractivity contribution in [2.45, 2.75) is 58.0 Å². The van der Waals surface area contributed by atoms with Gasteiger partial charge in [-0.2, -0.15) is 4.39 Å². The van der Waals surface area contributed by atoms with Gasteiger partial charge in [0.1, 0.15) is 6.10 Å². The van der Waals surface area contributed by atoms with Crippen molar-refractivity contribution in [3.8, 4) is 11.5 Å². The topological polar surface area (TPSA) is 18.5 Å². The summed E-state index contributed by atoms with van der Waals surface area (Å²) in [5.41, 5.74) is 1.03. The Kier molecular flexibility index (Phi) is 4.70. The van der Waals surface area contributed by atoms with Crippen molar-refractivity contribution >= 4 is 0 Å². The Morgan fingerprint density at radius 3 is 2.95 bits per heavy atom. The summed E-state index contributed by atoms with van der Waals surface area (Å²) in [6.07, 6.45) is 10.3. The molecule has 1 saturated carbocycles. The van der Waals surface area contributed by atoms with E-state index in [4.69, 9.17) is 9.47 Å². The fraction of sp³-hybridized carbons (Fsp3) is 0.579. The number of ether oxygens (including phenoxy) is 2. The molecule has 1 aliphatic carbocycles. The van der Waals surface area contributed by atoms with Crippen molar-refractivity contribution in [3.63, 3.8) is 0 Å². The Bertz CT molecular complexity index is 553. The van der Waals surface area contributed by atoms with E-state index in [-0.39, 0.29) is 11.9 Å². The highest BCUT2D eigenvalue weighted by molar-refractivity contribution is 5.48. The van der Waals surface area contributed by atoms with Crippen molar-refractivity contribution in [2.75, 3.05) is 6.61 Å². The molecule has 22 heavy (non-hydrogen) atoms. The highest BCUT2D eigenvalue weighted by Crippen LogP contribution is 2.49. The van der Waals surface area contributed by atoms with E-state index in [1.807, 2.05) is 13.0 Å². The smallest absolute Gasteiger partial charge is 0.207 e. The molecular weight excluding hydrogens is 279 g/mol. The van der Waals surface area contributed by atoms with Crippen molar-refractivity contribution in [2.24, 2.45) is 5.92 Å². The van der Waals surface area contributed by atoms with Crippen molar-refractivity contribution in [1.82, 2.24) is 0 Å². The van der Waals surface area contributed by atoms with Crippen LogP contribution in [0.25, 0.3) is 0 Å². The molecule has 1 aromatic rings. The summed E-state index contributed by atoms with van der Waals surface area (Å²) < 4.78 is 25.8. The van der Waals surface area contributed by atoms with Crippen LogP contribution in [0.3, 0.4) is 0 Å². The molecule has 1 fully saturated rings. The molecule has 1 heterocycles. The third kappa shape index (κ3) is 2.86. The Hall–Kier alpha value is -1.51. The molecule has 2 aliphatic rings. The second-order valence-corrected chi connectivity index (χ2v) is 6.28. The van der Waals surface area contributed by atoms with Crippen LogP contribution in [0.1, 0.15) is 57.4 Å². The second kappa shape index (κ2) is 6.72. The molecular formula is C19H25FO2. The number of rotatable bonds is 5. The highest BCUT2D eigenvalue weighted by Gasteiger charge is 2.40. The van der Waals surface area contributed by atoms with Crippen LogP contribution < -0.4 is 9.47 Å². The van der Waals surface area contributed by atoms with E-state index >= 15 is 0 Å². The Labute approximate surface area is 132 Å². The van der Waals surface area contributed by atoms with Crippen LogP contribution in [0.5, 0.6) is 11.5 Å². The number of halogens is 1. The van der Waals surface area contributed by atoms with Crippen molar-refractivity contribution in [1.29, 1.82) is 0 Å². The Balaban J connectivity index is 1.74. The first-order valence-corrected chi connectivity index (χ1v) is 8.53. The van der Waals surface area contributed by atoms with Gasteiger partial charge < -0.3 is 9.47 Å². The summed E-state index contributed by atoms with van der Waals surface area (Å²) in [6, 6.07) is 3.73. The minimum absolute atomic E-state index is 0.117. The lowest BCUT2D eigenvalue weighted by Gasteiger charge is -2.29. The molecule has 3 atom stereocenters. The average molecular weight is 304 g/mol. The maximum absolute atomic E-state index is 14.5. The maximum atomic E-state index is 14.5. The first-order chi connectivity index (χ1) is 10.7. The van der Waals surface area contributed by atoms with E-state index in [1.165, 1.54) is 12.8 Å². The SMILES string of the molecule is CCCC=CC1CCC2c3ccc(OCC)c(F)c3OC2C1. The monoisotopic (exact) mass is 304 g/mol. The van der Waals surface area contributed by atoms with Gasteiger partial charge in [-0.15, -0.1) is 0 Å². The fourth-order valence-electron chi connectivity index (χ4n) is 3.66. The van der Waals surface area contributed by atoms with Crippen LogP contribution in [0.4, 0.5) is 4.39 Å². The van der Waals surface area contributed by atoms with Crippen molar-refractivity contribution < 1.29 is 13.9 Å². The highest BCUT2D eigenvalue weighted by atomic mass is 19.1. The van der Waals surface area contributed by atoms with Gasteiger partial charge in [0.05, 0.1) is 6.61 Å². The molecule has 3 unspecified atom stereocenters. The molecule has 1 aromatic carbocycles. The molecule has 3 heteroatoms. The molecule has 3 rings (SSSR count). The van der Waals surface area contributed by atoms with Gasteiger partial charge in [-0.1, -0.05) is 31.6 Å². The van der Waals surface area contributed by atoms with Gasteiger partial charge in [-0.05, 0) is 44.6 Å². The largest absolute Gasteiger partial charge is 0.491 e. The van der Waals surface area contributed by atoms with Crippen LogP contribution in [0.15, 0.2) is 24.3 Å². The standard InChI is InChI=1S/C19H25FO2/c1-3-5-6-7-13-8-9-14-15-10-11-16(21-4-2)18(20)19(15)22-17(14)12-13/h6-7,10-11,13-14,17H,3-5,8-9,12H2,1-2H3.